The molecule has 2 N–H and O–H groups in total. The van der Waals surface area contributed by atoms with Crippen molar-refractivity contribution in [1.82, 2.24) is 9.55 Å². The van der Waals surface area contributed by atoms with Gasteiger partial charge in [-0.05, 0) is 30.7 Å². The third-order valence-electron chi connectivity index (χ3n) is 3.41. The molecule has 0 bridgehead atoms. The van der Waals surface area contributed by atoms with Crippen LogP contribution in [0.25, 0.3) is 16.6 Å². The molecular formula is C17H17N3O2. The first-order valence-electron chi connectivity index (χ1n) is 7.23. The number of rotatable bonds is 5. The van der Waals surface area contributed by atoms with Crippen LogP contribution in [0.2, 0.25) is 0 Å². The van der Waals surface area contributed by atoms with Crippen molar-refractivity contribution in [2.24, 2.45) is 0 Å². The van der Waals surface area contributed by atoms with E-state index in [4.69, 9.17) is 5.11 Å². The maximum atomic E-state index is 12.8. The number of fused-ring (bicyclic) bond motifs is 1. The molecule has 2 aromatic carbocycles. The quantitative estimate of drug-likeness (QED) is 0.708. The Morgan fingerprint density at radius 3 is 2.55 bits per heavy atom. The maximum Gasteiger partial charge on any atom is 0.267 e. The number of benzene rings is 2. The number of aliphatic hydroxyl groups is 1. The molecule has 5 nitrogen and oxygen atoms in total. The lowest BCUT2D eigenvalue weighted by atomic mass is 10.2. The molecule has 0 atom stereocenters. The van der Waals surface area contributed by atoms with E-state index in [2.05, 4.69) is 10.3 Å². The lowest BCUT2D eigenvalue weighted by molar-refractivity contribution is 0.292. The standard InChI is InChI=1S/C17H17N3O2/c21-12-6-11-18-17-19-15-10-5-4-9-14(15)16(22)20(17)13-7-2-1-3-8-13/h1-5,7-10,21H,6,11-12H2,(H,18,19). The van der Waals surface area contributed by atoms with Crippen molar-refractivity contribution in [3.63, 3.8) is 0 Å². The van der Waals surface area contributed by atoms with Gasteiger partial charge in [0.2, 0.25) is 5.95 Å². The molecule has 5 heteroatoms. The lowest BCUT2D eigenvalue weighted by Gasteiger charge is -2.14. The average molecular weight is 295 g/mol. The number of aliphatic hydroxyl groups excluding tert-OH is 1. The molecule has 3 aromatic rings. The van der Waals surface area contributed by atoms with Gasteiger partial charge in [0, 0.05) is 13.2 Å². The van der Waals surface area contributed by atoms with Gasteiger partial charge in [0.05, 0.1) is 16.6 Å². The largest absolute Gasteiger partial charge is 0.396 e. The van der Waals surface area contributed by atoms with Crippen LogP contribution in [0, 0.1) is 0 Å². The normalized spacial score (nSPS) is 10.8. The zero-order chi connectivity index (χ0) is 15.4. The highest BCUT2D eigenvalue weighted by Crippen LogP contribution is 2.15. The molecule has 22 heavy (non-hydrogen) atoms. The van der Waals surface area contributed by atoms with Gasteiger partial charge in [-0.1, -0.05) is 30.3 Å². The summed E-state index contributed by atoms with van der Waals surface area (Å²) in [7, 11) is 0. The molecule has 0 saturated carbocycles. The Balaban J connectivity index is 2.20. The van der Waals surface area contributed by atoms with Crippen molar-refractivity contribution in [2.45, 2.75) is 6.42 Å². The highest BCUT2D eigenvalue weighted by atomic mass is 16.3. The summed E-state index contributed by atoms with van der Waals surface area (Å²) in [4.78, 5) is 17.4. The fourth-order valence-electron chi connectivity index (χ4n) is 2.35. The minimum absolute atomic E-state index is 0.0934. The van der Waals surface area contributed by atoms with E-state index in [-0.39, 0.29) is 12.2 Å². The average Bonchev–Trinajstić information content (AvgIpc) is 2.56. The van der Waals surface area contributed by atoms with Crippen molar-refractivity contribution in [1.29, 1.82) is 0 Å². The summed E-state index contributed by atoms with van der Waals surface area (Å²) in [5.41, 5.74) is 1.31. The zero-order valence-electron chi connectivity index (χ0n) is 12.1. The molecular weight excluding hydrogens is 278 g/mol. The lowest BCUT2D eigenvalue weighted by Crippen LogP contribution is -2.24. The van der Waals surface area contributed by atoms with Crippen LogP contribution in [0.1, 0.15) is 6.42 Å². The van der Waals surface area contributed by atoms with E-state index in [0.717, 1.165) is 5.69 Å². The summed E-state index contributed by atoms with van der Waals surface area (Å²) in [5.74, 6) is 0.489. The van der Waals surface area contributed by atoms with Crippen molar-refractivity contribution in [3.05, 3.63) is 65.0 Å². The van der Waals surface area contributed by atoms with E-state index < -0.39 is 0 Å². The Bertz CT molecular complexity index is 828. The molecule has 0 amide bonds. The number of para-hydroxylation sites is 2. The summed E-state index contributed by atoms with van der Waals surface area (Å²) < 4.78 is 1.57. The summed E-state index contributed by atoms with van der Waals surface area (Å²) in [6, 6.07) is 16.7. The van der Waals surface area contributed by atoms with Crippen molar-refractivity contribution >= 4 is 16.9 Å². The van der Waals surface area contributed by atoms with Gasteiger partial charge in [0.15, 0.2) is 0 Å². The molecule has 3 rings (SSSR count). The first-order chi connectivity index (χ1) is 10.8. The fourth-order valence-corrected chi connectivity index (χ4v) is 2.35. The van der Waals surface area contributed by atoms with Gasteiger partial charge in [-0.15, -0.1) is 0 Å². The van der Waals surface area contributed by atoms with Crippen LogP contribution in [0.4, 0.5) is 5.95 Å². The number of anilines is 1. The molecule has 1 heterocycles. The third kappa shape index (κ3) is 2.71. The van der Waals surface area contributed by atoms with Crippen molar-refractivity contribution < 1.29 is 5.11 Å². The monoisotopic (exact) mass is 295 g/mol. The highest BCUT2D eigenvalue weighted by molar-refractivity contribution is 5.79. The van der Waals surface area contributed by atoms with E-state index >= 15 is 0 Å². The van der Waals surface area contributed by atoms with Gasteiger partial charge in [0.1, 0.15) is 0 Å². The van der Waals surface area contributed by atoms with Crippen molar-refractivity contribution in [2.75, 3.05) is 18.5 Å². The number of nitrogens with one attached hydrogen (secondary N) is 1. The van der Waals surface area contributed by atoms with Gasteiger partial charge in [0.25, 0.3) is 5.56 Å². The summed E-state index contributed by atoms with van der Waals surface area (Å²) in [5, 5.41) is 12.6. The Hall–Kier alpha value is -2.66. The van der Waals surface area contributed by atoms with Crippen LogP contribution in [0.15, 0.2) is 59.4 Å². The molecule has 0 unspecified atom stereocenters. The number of hydrogen-bond donors (Lipinski definition) is 2. The van der Waals surface area contributed by atoms with Gasteiger partial charge in [-0.2, -0.15) is 0 Å². The van der Waals surface area contributed by atoms with Crippen LogP contribution in [-0.4, -0.2) is 27.8 Å². The number of hydrogen-bond acceptors (Lipinski definition) is 4. The first kappa shape index (κ1) is 14.3. The van der Waals surface area contributed by atoms with Crippen LogP contribution in [0.5, 0.6) is 0 Å². The van der Waals surface area contributed by atoms with Crippen LogP contribution in [-0.2, 0) is 0 Å². The zero-order valence-corrected chi connectivity index (χ0v) is 12.1. The molecule has 112 valence electrons. The van der Waals surface area contributed by atoms with Gasteiger partial charge < -0.3 is 10.4 Å². The Kier molecular flexibility index (Phi) is 4.16. The van der Waals surface area contributed by atoms with Crippen LogP contribution < -0.4 is 10.9 Å². The van der Waals surface area contributed by atoms with E-state index in [0.29, 0.717) is 29.8 Å². The number of nitrogens with zero attached hydrogens (tertiary/aromatic N) is 2. The van der Waals surface area contributed by atoms with Crippen LogP contribution >= 0.6 is 0 Å². The minimum atomic E-state index is -0.108. The Morgan fingerprint density at radius 2 is 1.77 bits per heavy atom. The van der Waals surface area contributed by atoms with Gasteiger partial charge in [-0.25, -0.2) is 9.55 Å². The SMILES string of the molecule is O=c1c2ccccc2nc(NCCCO)n1-c1ccccc1. The van der Waals surface area contributed by atoms with Gasteiger partial charge in [-0.3, -0.25) is 4.79 Å². The van der Waals surface area contributed by atoms with E-state index in [1.54, 1.807) is 10.6 Å². The molecule has 0 aliphatic rings. The molecule has 1 aromatic heterocycles. The van der Waals surface area contributed by atoms with E-state index in [9.17, 15) is 4.79 Å². The third-order valence-corrected chi connectivity index (χ3v) is 3.41. The topological polar surface area (TPSA) is 67.2 Å². The predicted molar refractivity (Wildman–Crippen MR) is 87.5 cm³/mol. The Labute approximate surface area is 127 Å². The van der Waals surface area contributed by atoms with Crippen molar-refractivity contribution in [3.8, 4) is 5.69 Å². The fraction of sp³-hybridized carbons (Fsp3) is 0.176. The van der Waals surface area contributed by atoms with E-state index in [1.807, 2.05) is 48.5 Å². The summed E-state index contributed by atoms with van der Waals surface area (Å²) >= 11 is 0. The smallest absolute Gasteiger partial charge is 0.267 e. The highest BCUT2D eigenvalue weighted by Gasteiger charge is 2.11. The second kappa shape index (κ2) is 6.41. The molecule has 0 radical (unpaired) electrons. The second-order valence-corrected chi connectivity index (χ2v) is 4.93. The maximum absolute atomic E-state index is 12.8. The van der Waals surface area contributed by atoms with Gasteiger partial charge >= 0.3 is 0 Å². The summed E-state index contributed by atoms with van der Waals surface area (Å²) in [6.45, 7) is 0.643. The second-order valence-electron chi connectivity index (χ2n) is 4.93. The first-order valence-corrected chi connectivity index (χ1v) is 7.23. The molecule has 0 spiro atoms. The van der Waals surface area contributed by atoms with Crippen LogP contribution in [0.3, 0.4) is 0 Å². The molecule has 0 aliphatic heterocycles. The predicted octanol–water partition coefficient (Wildman–Crippen LogP) is 2.18. The minimum Gasteiger partial charge on any atom is -0.396 e. The van der Waals surface area contributed by atoms with E-state index in [1.165, 1.54) is 0 Å². The molecule has 0 fully saturated rings. The molecule has 0 saturated heterocycles. The summed E-state index contributed by atoms with van der Waals surface area (Å²) in [6.07, 6.45) is 0.595. The number of aromatic nitrogens is 2. The molecule has 0 aliphatic carbocycles. The Morgan fingerprint density at radius 1 is 1.05 bits per heavy atom.